The van der Waals surface area contributed by atoms with E-state index in [2.05, 4.69) is 4.99 Å². The van der Waals surface area contributed by atoms with E-state index in [0.717, 1.165) is 0 Å². The van der Waals surface area contributed by atoms with Gasteiger partial charge in [-0.1, -0.05) is 11.8 Å². The summed E-state index contributed by atoms with van der Waals surface area (Å²) in [6.45, 7) is 0. The molecule has 1 aliphatic heterocycles. The van der Waals surface area contributed by atoms with E-state index < -0.39 is 5.97 Å². The molecule has 0 bridgehead atoms. The standard InChI is InChI=1S/C5H8N2O2S.ClH/c6-5-7-3(2-10-5)1-4(8)9;/h3H,1-2H2,(H2,6,7)(H,8,9);1H. The Morgan fingerprint density at radius 2 is 2.55 bits per heavy atom. The van der Waals surface area contributed by atoms with Crippen LogP contribution in [0.2, 0.25) is 0 Å². The molecule has 0 aromatic heterocycles. The summed E-state index contributed by atoms with van der Waals surface area (Å²) >= 11 is 1.41. The van der Waals surface area contributed by atoms with E-state index in [4.69, 9.17) is 10.8 Å². The molecule has 64 valence electrons. The first-order valence-corrected chi connectivity index (χ1v) is 3.85. The molecule has 3 N–H and O–H groups in total. The highest BCUT2D eigenvalue weighted by Gasteiger charge is 2.18. The summed E-state index contributed by atoms with van der Waals surface area (Å²) in [5.41, 5.74) is 5.32. The van der Waals surface area contributed by atoms with Gasteiger partial charge in [-0.3, -0.25) is 9.79 Å². The number of rotatable bonds is 2. The summed E-state index contributed by atoms with van der Waals surface area (Å²) in [4.78, 5) is 14.0. The molecule has 0 aliphatic carbocycles. The summed E-state index contributed by atoms with van der Waals surface area (Å²) in [7, 11) is 0. The van der Waals surface area contributed by atoms with Gasteiger partial charge in [-0.15, -0.1) is 12.4 Å². The summed E-state index contributed by atoms with van der Waals surface area (Å²) in [5.74, 6) is -0.109. The third kappa shape index (κ3) is 3.48. The third-order valence-corrected chi connectivity index (χ3v) is 2.10. The van der Waals surface area contributed by atoms with Crippen LogP contribution in [0.15, 0.2) is 4.99 Å². The zero-order valence-electron chi connectivity index (χ0n) is 5.69. The molecule has 4 nitrogen and oxygen atoms in total. The maximum absolute atomic E-state index is 10.1. The summed E-state index contributed by atoms with van der Waals surface area (Å²) in [5, 5.41) is 8.85. The first-order chi connectivity index (χ1) is 4.68. The number of nitrogens with zero attached hydrogens (tertiary/aromatic N) is 1. The van der Waals surface area contributed by atoms with Crippen molar-refractivity contribution in [1.29, 1.82) is 0 Å². The molecule has 0 saturated heterocycles. The van der Waals surface area contributed by atoms with Crippen molar-refractivity contribution in [1.82, 2.24) is 0 Å². The second-order valence-corrected chi connectivity index (χ2v) is 3.07. The number of aliphatic imine (C=N–C) groups is 1. The molecule has 1 atom stereocenters. The van der Waals surface area contributed by atoms with E-state index in [1.165, 1.54) is 11.8 Å². The summed E-state index contributed by atoms with van der Waals surface area (Å²) < 4.78 is 0. The van der Waals surface area contributed by atoms with Crippen LogP contribution in [0.5, 0.6) is 0 Å². The van der Waals surface area contributed by atoms with Gasteiger partial charge in [0.05, 0.1) is 12.5 Å². The van der Waals surface area contributed by atoms with Crippen molar-refractivity contribution >= 4 is 35.3 Å². The number of hydrogen-bond donors (Lipinski definition) is 2. The van der Waals surface area contributed by atoms with Crippen LogP contribution in [0.1, 0.15) is 6.42 Å². The Morgan fingerprint density at radius 3 is 2.91 bits per heavy atom. The molecule has 0 aromatic rings. The number of hydrogen-bond acceptors (Lipinski definition) is 4. The van der Waals surface area contributed by atoms with Gasteiger partial charge in [0.1, 0.15) is 0 Å². The van der Waals surface area contributed by atoms with E-state index in [9.17, 15) is 4.79 Å². The molecule has 1 aliphatic rings. The van der Waals surface area contributed by atoms with Gasteiger partial charge < -0.3 is 10.8 Å². The highest BCUT2D eigenvalue weighted by Crippen LogP contribution is 2.16. The van der Waals surface area contributed by atoms with Gasteiger partial charge in [0, 0.05) is 5.75 Å². The van der Waals surface area contributed by atoms with Gasteiger partial charge in [-0.25, -0.2) is 0 Å². The Labute approximate surface area is 74.7 Å². The Hall–Kier alpha value is -0.420. The molecule has 1 heterocycles. The van der Waals surface area contributed by atoms with Gasteiger partial charge in [0.15, 0.2) is 5.17 Å². The fourth-order valence-corrected chi connectivity index (χ4v) is 1.52. The van der Waals surface area contributed by atoms with Crippen LogP contribution in [0.25, 0.3) is 0 Å². The number of carboxylic acids is 1. The molecular weight excluding hydrogens is 188 g/mol. The Bertz CT molecular complexity index is 185. The molecule has 6 heteroatoms. The first-order valence-electron chi connectivity index (χ1n) is 2.86. The van der Waals surface area contributed by atoms with E-state index in [0.29, 0.717) is 10.9 Å². The van der Waals surface area contributed by atoms with Crippen molar-refractivity contribution in [2.24, 2.45) is 10.7 Å². The number of carboxylic acid groups (broad SMARTS) is 1. The minimum atomic E-state index is -0.816. The molecule has 0 aromatic carbocycles. The van der Waals surface area contributed by atoms with Gasteiger partial charge >= 0.3 is 5.97 Å². The zero-order chi connectivity index (χ0) is 7.56. The molecule has 0 radical (unpaired) electrons. The monoisotopic (exact) mass is 196 g/mol. The highest BCUT2D eigenvalue weighted by molar-refractivity contribution is 8.14. The van der Waals surface area contributed by atoms with Crippen LogP contribution >= 0.6 is 24.2 Å². The molecule has 11 heavy (non-hydrogen) atoms. The van der Waals surface area contributed by atoms with Crippen molar-refractivity contribution in [3.63, 3.8) is 0 Å². The molecule has 0 amide bonds. The third-order valence-electron chi connectivity index (χ3n) is 1.14. The van der Waals surface area contributed by atoms with Gasteiger partial charge in [0.2, 0.25) is 0 Å². The van der Waals surface area contributed by atoms with E-state index >= 15 is 0 Å². The second kappa shape index (κ2) is 4.46. The van der Waals surface area contributed by atoms with Crippen LogP contribution in [0, 0.1) is 0 Å². The first kappa shape index (κ1) is 10.6. The Kier molecular flexibility index (Phi) is 4.29. The number of aliphatic carboxylic acids is 1. The maximum Gasteiger partial charge on any atom is 0.305 e. The van der Waals surface area contributed by atoms with Crippen LogP contribution in [0.4, 0.5) is 0 Å². The lowest BCUT2D eigenvalue weighted by Gasteiger charge is -1.97. The van der Waals surface area contributed by atoms with Crippen molar-refractivity contribution < 1.29 is 9.90 Å². The maximum atomic E-state index is 10.1. The molecular formula is C5H9ClN2O2S. The molecule has 1 unspecified atom stereocenters. The lowest BCUT2D eigenvalue weighted by atomic mass is 10.2. The predicted octanol–water partition coefficient (Wildman–Crippen LogP) is 0.313. The van der Waals surface area contributed by atoms with Crippen LogP contribution < -0.4 is 5.73 Å². The molecule has 0 spiro atoms. The van der Waals surface area contributed by atoms with E-state index in [-0.39, 0.29) is 24.9 Å². The number of nitrogens with two attached hydrogens (primary N) is 1. The Balaban J connectivity index is 0.000001000. The molecule has 0 fully saturated rings. The topological polar surface area (TPSA) is 75.7 Å². The summed E-state index contributed by atoms with van der Waals surface area (Å²) in [6, 6.07) is -0.109. The quantitative estimate of drug-likeness (QED) is 0.667. The predicted molar refractivity (Wildman–Crippen MR) is 47.4 cm³/mol. The van der Waals surface area contributed by atoms with Gasteiger partial charge in [0.25, 0.3) is 0 Å². The van der Waals surface area contributed by atoms with Gasteiger partial charge in [-0.05, 0) is 0 Å². The van der Waals surface area contributed by atoms with Crippen LogP contribution in [-0.4, -0.2) is 28.0 Å². The average molecular weight is 197 g/mol. The lowest BCUT2D eigenvalue weighted by molar-refractivity contribution is -0.137. The average Bonchev–Trinajstić information content (AvgIpc) is 2.13. The minimum absolute atomic E-state index is 0. The normalized spacial score (nSPS) is 22.2. The molecule has 1 rings (SSSR count). The fraction of sp³-hybridized carbons (Fsp3) is 0.600. The second-order valence-electron chi connectivity index (χ2n) is 2.03. The van der Waals surface area contributed by atoms with Crippen molar-refractivity contribution in [3.8, 4) is 0 Å². The SMILES string of the molecule is Cl.NC1=NC(CC(=O)O)CS1. The zero-order valence-corrected chi connectivity index (χ0v) is 7.32. The number of carbonyl (C=O) groups is 1. The number of amidine groups is 1. The Morgan fingerprint density at radius 1 is 1.91 bits per heavy atom. The van der Waals surface area contributed by atoms with Gasteiger partial charge in [-0.2, -0.15) is 0 Å². The van der Waals surface area contributed by atoms with Crippen molar-refractivity contribution in [2.75, 3.05) is 5.75 Å². The highest BCUT2D eigenvalue weighted by atomic mass is 35.5. The number of halogens is 1. The van der Waals surface area contributed by atoms with E-state index in [1.807, 2.05) is 0 Å². The minimum Gasteiger partial charge on any atom is -0.481 e. The van der Waals surface area contributed by atoms with E-state index in [1.54, 1.807) is 0 Å². The number of thioether (sulfide) groups is 1. The van der Waals surface area contributed by atoms with Crippen LogP contribution in [0.3, 0.4) is 0 Å². The molecule has 0 saturated carbocycles. The largest absolute Gasteiger partial charge is 0.481 e. The summed E-state index contributed by atoms with van der Waals surface area (Å²) in [6.07, 6.45) is 0.0910. The fourth-order valence-electron chi connectivity index (χ4n) is 0.742. The van der Waals surface area contributed by atoms with Crippen molar-refractivity contribution in [2.45, 2.75) is 12.5 Å². The van der Waals surface area contributed by atoms with Crippen LogP contribution in [-0.2, 0) is 4.79 Å². The lowest BCUT2D eigenvalue weighted by Crippen LogP contribution is -2.10. The van der Waals surface area contributed by atoms with Crippen molar-refractivity contribution in [3.05, 3.63) is 0 Å². The smallest absolute Gasteiger partial charge is 0.305 e.